The van der Waals surface area contributed by atoms with Crippen molar-refractivity contribution in [2.45, 2.75) is 32.7 Å². The highest BCUT2D eigenvalue weighted by atomic mass is 32.2. The normalized spacial score (nSPS) is 15.4. The molecule has 8 nitrogen and oxygen atoms in total. The van der Waals surface area contributed by atoms with Gasteiger partial charge in [-0.05, 0) is 37.5 Å². The maximum absolute atomic E-state index is 12.1. The molecule has 3 rings (SSSR count). The van der Waals surface area contributed by atoms with Crippen molar-refractivity contribution in [1.82, 2.24) is 19.2 Å². The molecule has 0 saturated carbocycles. The van der Waals surface area contributed by atoms with Gasteiger partial charge in [0.1, 0.15) is 0 Å². The maximum atomic E-state index is 12.1. The number of fused-ring (bicyclic) bond motifs is 1. The number of rotatable bonds is 7. The van der Waals surface area contributed by atoms with Gasteiger partial charge in [-0.15, -0.1) is 0 Å². The molecule has 0 radical (unpaired) electrons. The van der Waals surface area contributed by atoms with Crippen molar-refractivity contribution in [2.24, 2.45) is 0 Å². The highest BCUT2D eigenvalue weighted by molar-refractivity contribution is 7.89. The molecule has 142 valence electrons. The van der Waals surface area contributed by atoms with Gasteiger partial charge in [0.2, 0.25) is 10.0 Å². The van der Waals surface area contributed by atoms with Gasteiger partial charge in [-0.1, -0.05) is 6.92 Å². The molecule has 2 N–H and O–H groups in total. The van der Waals surface area contributed by atoms with Crippen LogP contribution in [0.2, 0.25) is 0 Å². The van der Waals surface area contributed by atoms with E-state index in [0.717, 1.165) is 36.8 Å². The van der Waals surface area contributed by atoms with Crippen molar-refractivity contribution in [3.63, 3.8) is 0 Å². The highest BCUT2D eigenvalue weighted by Crippen LogP contribution is 2.18. The summed E-state index contributed by atoms with van der Waals surface area (Å²) < 4.78 is 27.8. The third-order valence-electron chi connectivity index (χ3n) is 4.45. The van der Waals surface area contributed by atoms with Crippen LogP contribution in [-0.4, -0.2) is 53.7 Å². The summed E-state index contributed by atoms with van der Waals surface area (Å²) >= 11 is 0. The molecule has 0 unspecified atom stereocenters. The lowest BCUT2D eigenvalue weighted by Gasteiger charge is -2.15. The maximum Gasteiger partial charge on any atom is 0.319 e. The van der Waals surface area contributed by atoms with Gasteiger partial charge in [0.05, 0.1) is 23.1 Å². The molecular weight excluding hydrogens is 354 g/mol. The molecule has 2 heterocycles. The van der Waals surface area contributed by atoms with E-state index in [1.807, 2.05) is 18.2 Å². The Bertz CT molecular complexity index is 872. The van der Waals surface area contributed by atoms with E-state index in [1.54, 1.807) is 6.33 Å². The van der Waals surface area contributed by atoms with Crippen molar-refractivity contribution >= 4 is 32.8 Å². The molecule has 1 saturated heterocycles. The van der Waals surface area contributed by atoms with E-state index in [4.69, 9.17) is 0 Å². The Balaban J connectivity index is 1.52. The Kier molecular flexibility index (Phi) is 5.77. The van der Waals surface area contributed by atoms with Crippen molar-refractivity contribution in [3.8, 4) is 0 Å². The number of benzene rings is 1. The van der Waals surface area contributed by atoms with Crippen LogP contribution in [0, 0.1) is 0 Å². The molecule has 26 heavy (non-hydrogen) atoms. The number of imidazole rings is 1. The lowest BCUT2D eigenvalue weighted by Crippen LogP contribution is -2.37. The molecule has 1 fully saturated rings. The summed E-state index contributed by atoms with van der Waals surface area (Å²) in [5, 5.41) is 5.33. The van der Waals surface area contributed by atoms with Crippen LogP contribution in [0.15, 0.2) is 24.5 Å². The number of nitrogens with zero attached hydrogens (tertiary/aromatic N) is 3. The summed E-state index contributed by atoms with van der Waals surface area (Å²) in [6, 6.07) is 5.12. The van der Waals surface area contributed by atoms with Gasteiger partial charge in [0.15, 0.2) is 0 Å². The second-order valence-corrected chi connectivity index (χ2v) is 8.53. The number of hydrogen-bond acceptors (Lipinski definition) is 4. The third kappa shape index (κ3) is 4.34. The lowest BCUT2D eigenvalue weighted by atomic mass is 10.2. The van der Waals surface area contributed by atoms with Crippen LogP contribution in [0.3, 0.4) is 0 Å². The first-order chi connectivity index (χ1) is 12.5. The third-order valence-corrected chi connectivity index (χ3v) is 6.32. The van der Waals surface area contributed by atoms with Gasteiger partial charge in [-0.3, -0.25) is 0 Å². The molecule has 1 aromatic heterocycles. The minimum atomic E-state index is -3.28. The van der Waals surface area contributed by atoms with Gasteiger partial charge in [0.25, 0.3) is 0 Å². The van der Waals surface area contributed by atoms with Gasteiger partial charge in [-0.25, -0.2) is 22.5 Å². The van der Waals surface area contributed by atoms with Crippen LogP contribution in [0.25, 0.3) is 11.0 Å². The zero-order valence-corrected chi connectivity index (χ0v) is 15.8. The van der Waals surface area contributed by atoms with Crippen molar-refractivity contribution in [1.29, 1.82) is 0 Å². The van der Waals surface area contributed by atoms with E-state index in [-0.39, 0.29) is 12.3 Å². The van der Waals surface area contributed by atoms with Crippen LogP contribution in [-0.2, 0) is 16.6 Å². The SMILES string of the molecule is CCCn1cnc2cc(NC(=O)NCCS(=O)(=O)N3CCCC3)ccc21. The van der Waals surface area contributed by atoms with Crippen LogP contribution in [0.4, 0.5) is 10.5 Å². The standard InChI is InChI=1S/C17H25N5O3S/c1-2-8-21-13-19-15-12-14(5-6-16(15)21)20-17(23)18-7-11-26(24,25)22-9-3-4-10-22/h5-6,12-13H,2-4,7-11H2,1H3,(H2,18,20,23). The van der Waals surface area contributed by atoms with E-state index in [2.05, 4.69) is 27.1 Å². The molecule has 1 aromatic carbocycles. The van der Waals surface area contributed by atoms with Crippen LogP contribution in [0.1, 0.15) is 26.2 Å². The Labute approximate surface area is 153 Å². The number of nitrogens with one attached hydrogen (secondary N) is 2. The highest BCUT2D eigenvalue weighted by Gasteiger charge is 2.24. The first-order valence-electron chi connectivity index (χ1n) is 8.97. The van der Waals surface area contributed by atoms with E-state index < -0.39 is 16.1 Å². The number of urea groups is 1. The quantitative estimate of drug-likeness (QED) is 0.769. The Morgan fingerprint density at radius 1 is 1.27 bits per heavy atom. The van der Waals surface area contributed by atoms with Crippen LogP contribution >= 0.6 is 0 Å². The summed E-state index contributed by atoms with van der Waals surface area (Å²) in [6.45, 7) is 4.25. The number of hydrogen-bond donors (Lipinski definition) is 2. The molecule has 2 amide bonds. The Hall–Kier alpha value is -2.13. The fourth-order valence-corrected chi connectivity index (χ4v) is 4.56. The summed E-state index contributed by atoms with van der Waals surface area (Å²) in [4.78, 5) is 16.4. The number of sulfonamides is 1. The minimum Gasteiger partial charge on any atom is -0.337 e. The monoisotopic (exact) mass is 379 g/mol. The van der Waals surface area contributed by atoms with E-state index in [1.165, 1.54) is 4.31 Å². The average Bonchev–Trinajstić information content (AvgIpc) is 3.25. The number of anilines is 1. The van der Waals surface area contributed by atoms with Crippen molar-refractivity contribution < 1.29 is 13.2 Å². The molecule has 2 aromatic rings. The summed E-state index contributed by atoms with van der Waals surface area (Å²) in [7, 11) is -3.28. The minimum absolute atomic E-state index is 0.0814. The van der Waals surface area contributed by atoms with Gasteiger partial charge in [-0.2, -0.15) is 0 Å². The number of carbonyl (C=O) groups excluding carboxylic acids is 1. The summed E-state index contributed by atoms with van der Waals surface area (Å²) in [5.74, 6) is -0.0825. The predicted molar refractivity (Wildman–Crippen MR) is 102 cm³/mol. The molecule has 0 bridgehead atoms. The largest absolute Gasteiger partial charge is 0.337 e. The number of aromatic nitrogens is 2. The van der Waals surface area contributed by atoms with Crippen LogP contribution in [0.5, 0.6) is 0 Å². The molecule has 0 atom stereocenters. The van der Waals surface area contributed by atoms with Crippen LogP contribution < -0.4 is 10.6 Å². The Morgan fingerprint density at radius 2 is 2.04 bits per heavy atom. The predicted octanol–water partition coefficient (Wildman–Crippen LogP) is 1.99. The second-order valence-electron chi connectivity index (χ2n) is 6.44. The first kappa shape index (κ1) is 18.7. The van der Waals surface area contributed by atoms with Crippen molar-refractivity contribution in [3.05, 3.63) is 24.5 Å². The fourth-order valence-electron chi connectivity index (χ4n) is 3.12. The number of aryl methyl sites for hydroxylation is 1. The lowest BCUT2D eigenvalue weighted by molar-refractivity contribution is 0.252. The van der Waals surface area contributed by atoms with Crippen molar-refractivity contribution in [2.75, 3.05) is 30.7 Å². The second kappa shape index (κ2) is 8.05. The summed E-state index contributed by atoms with van der Waals surface area (Å²) in [5.41, 5.74) is 2.46. The smallest absolute Gasteiger partial charge is 0.319 e. The molecule has 1 aliphatic rings. The van der Waals surface area contributed by atoms with E-state index >= 15 is 0 Å². The zero-order valence-electron chi connectivity index (χ0n) is 14.9. The molecule has 9 heteroatoms. The number of amides is 2. The van der Waals surface area contributed by atoms with Gasteiger partial charge >= 0.3 is 6.03 Å². The topological polar surface area (TPSA) is 96.3 Å². The number of carbonyl (C=O) groups is 1. The van der Waals surface area contributed by atoms with E-state index in [9.17, 15) is 13.2 Å². The fraction of sp³-hybridized carbons (Fsp3) is 0.529. The molecule has 0 spiro atoms. The average molecular weight is 379 g/mol. The Morgan fingerprint density at radius 3 is 2.77 bits per heavy atom. The molecule has 0 aliphatic carbocycles. The molecular formula is C17H25N5O3S. The first-order valence-corrected chi connectivity index (χ1v) is 10.6. The van der Waals surface area contributed by atoms with E-state index in [0.29, 0.717) is 18.8 Å². The van der Waals surface area contributed by atoms with Gasteiger partial charge in [0, 0.05) is 31.9 Å². The molecule has 1 aliphatic heterocycles. The summed E-state index contributed by atoms with van der Waals surface area (Å²) in [6.07, 6.45) is 4.63. The van der Waals surface area contributed by atoms with Gasteiger partial charge < -0.3 is 15.2 Å². The zero-order chi connectivity index (χ0) is 18.6.